The van der Waals surface area contributed by atoms with Gasteiger partial charge in [-0.1, -0.05) is 5.92 Å². The Morgan fingerprint density at radius 2 is 2.00 bits per heavy atom. The second-order valence-electron chi connectivity index (χ2n) is 3.40. The zero-order valence-corrected chi connectivity index (χ0v) is 7.62. The summed E-state index contributed by atoms with van der Waals surface area (Å²) in [6.07, 6.45) is 0.299. The maximum Gasteiger partial charge on any atom is 0.232 e. The molecule has 0 heterocycles. The molecular weight excluding hydrogens is 138 g/mol. The fraction of sp³-hybridized carbons (Fsp3) is 0.667. The summed E-state index contributed by atoms with van der Waals surface area (Å²) in [6.45, 7) is 7.57. The topological polar surface area (TPSA) is 29.1 Å². The lowest BCUT2D eigenvalue weighted by Crippen LogP contribution is -2.40. The molecule has 0 spiro atoms. The molecule has 0 saturated carbocycles. The number of rotatable bonds is 1. The molecule has 0 aliphatic carbocycles. The second-order valence-corrected chi connectivity index (χ2v) is 3.40. The van der Waals surface area contributed by atoms with E-state index in [0.717, 1.165) is 0 Å². The van der Waals surface area contributed by atoms with Gasteiger partial charge in [-0.2, -0.15) is 0 Å². The molecule has 0 fully saturated rings. The van der Waals surface area contributed by atoms with Crippen molar-refractivity contribution >= 4 is 5.91 Å². The fourth-order valence-electron chi connectivity index (χ4n) is 0.631. The van der Waals surface area contributed by atoms with Gasteiger partial charge in [0.15, 0.2) is 0 Å². The van der Waals surface area contributed by atoms with Crippen LogP contribution < -0.4 is 5.32 Å². The molecule has 0 atom stereocenters. The van der Waals surface area contributed by atoms with Gasteiger partial charge < -0.3 is 5.32 Å². The number of carbonyl (C=O) groups excluding carboxylic acids is 1. The quantitative estimate of drug-likeness (QED) is 0.565. The molecule has 62 valence electrons. The van der Waals surface area contributed by atoms with Crippen LogP contribution in [0.5, 0.6) is 0 Å². The Kier molecular flexibility index (Phi) is 3.67. The first kappa shape index (κ1) is 10.0. The van der Waals surface area contributed by atoms with E-state index in [9.17, 15) is 4.79 Å². The van der Waals surface area contributed by atoms with E-state index in [1.165, 1.54) is 0 Å². The zero-order valence-electron chi connectivity index (χ0n) is 7.62. The normalized spacial score (nSPS) is 9.82. The third kappa shape index (κ3) is 6.92. The van der Waals surface area contributed by atoms with Crippen LogP contribution in [0.25, 0.3) is 0 Å². The minimum absolute atomic E-state index is 0.00755. The summed E-state index contributed by atoms with van der Waals surface area (Å²) in [7, 11) is 0. The number of amides is 1. The molecule has 0 saturated heterocycles. The van der Waals surface area contributed by atoms with Crippen LogP contribution >= 0.6 is 0 Å². The maximum absolute atomic E-state index is 11.0. The summed E-state index contributed by atoms with van der Waals surface area (Å²) in [5.74, 6) is 5.37. The lowest BCUT2D eigenvalue weighted by atomic mass is 10.1. The Morgan fingerprint density at radius 3 is 2.36 bits per heavy atom. The molecule has 1 N–H and O–H groups in total. The van der Waals surface area contributed by atoms with Crippen molar-refractivity contribution in [1.82, 2.24) is 5.32 Å². The molecule has 2 heteroatoms. The number of hydrogen-bond donors (Lipinski definition) is 1. The minimum Gasteiger partial charge on any atom is -0.351 e. The first-order valence-electron chi connectivity index (χ1n) is 3.66. The minimum atomic E-state index is -0.146. The highest BCUT2D eigenvalue weighted by Gasteiger charge is 2.11. The molecule has 0 rings (SSSR count). The van der Waals surface area contributed by atoms with Gasteiger partial charge in [0.25, 0.3) is 0 Å². The SMILES string of the molecule is CC#CCC(=O)NC(C)(C)C. The van der Waals surface area contributed by atoms with Crippen molar-refractivity contribution in [3.05, 3.63) is 0 Å². The van der Waals surface area contributed by atoms with E-state index in [2.05, 4.69) is 17.2 Å². The van der Waals surface area contributed by atoms with Gasteiger partial charge in [0.05, 0.1) is 6.42 Å². The molecule has 11 heavy (non-hydrogen) atoms. The van der Waals surface area contributed by atoms with Crippen LogP contribution in [0.3, 0.4) is 0 Å². The summed E-state index contributed by atoms with van der Waals surface area (Å²) < 4.78 is 0. The molecular formula is C9H15NO. The molecule has 0 aliphatic rings. The molecule has 0 unspecified atom stereocenters. The van der Waals surface area contributed by atoms with E-state index in [4.69, 9.17) is 0 Å². The van der Waals surface area contributed by atoms with Crippen molar-refractivity contribution in [3.8, 4) is 11.8 Å². The van der Waals surface area contributed by atoms with E-state index < -0.39 is 0 Å². The van der Waals surface area contributed by atoms with Crippen molar-refractivity contribution in [2.45, 2.75) is 39.7 Å². The molecule has 0 aromatic carbocycles. The summed E-state index contributed by atoms with van der Waals surface area (Å²) in [6, 6.07) is 0. The predicted octanol–water partition coefficient (Wildman–Crippen LogP) is 1.31. The van der Waals surface area contributed by atoms with E-state index >= 15 is 0 Å². The van der Waals surface area contributed by atoms with Gasteiger partial charge in [0, 0.05) is 5.54 Å². The maximum atomic E-state index is 11.0. The van der Waals surface area contributed by atoms with Gasteiger partial charge in [-0.25, -0.2) is 0 Å². The van der Waals surface area contributed by atoms with E-state index in [1.807, 2.05) is 20.8 Å². The lowest BCUT2D eigenvalue weighted by molar-refractivity contribution is -0.121. The van der Waals surface area contributed by atoms with Gasteiger partial charge in [0.2, 0.25) is 5.91 Å². The summed E-state index contributed by atoms with van der Waals surface area (Å²) in [4.78, 5) is 11.0. The Hall–Kier alpha value is -0.970. The van der Waals surface area contributed by atoms with Crippen molar-refractivity contribution in [1.29, 1.82) is 0 Å². The van der Waals surface area contributed by atoms with Gasteiger partial charge in [-0.15, -0.1) is 5.92 Å². The number of nitrogens with one attached hydrogen (secondary N) is 1. The standard InChI is InChI=1S/C9H15NO/c1-5-6-7-8(11)10-9(2,3)4/h7H2,1-4H3,(H,10,11). The van der Waals surface area contributed by atoms with Crippen molar-refractivity contribution < 1.29 is 4.79 Å². The molecule has 2 nitrogen and oxygen atoms in total. The fourth-order valence-corrected chi connectivity index (χ4v) is 0.631. The molecule has 0 aromatic heterocycles. The van der Waals surface area contributed by atoms with Crippen LogP contribution in [0.4, 0.5) is 0 Å². The number of hydrogen-bond acceptors (Lipinski definition) is 1. The monoisotopic (exact) mass is 153 g/mol. The highest BCUT2D eigenvalue weighted by molar-refractivity contribution is 5.79. The number of carbonyl (C=O) groups is 1. The Morgan fingerprint density at radius 1 is 1.45 bits per heavy atom. The average molecular weight is 153 g/mol. The Labute approximate surface area is 68.4 Å². The van der Waals surface area contributed by atoms with E-state index in [-0.39, 0.29) is 11.4 Å². The second kappa shape index (κ2) is 4.02. The molecule has 0 bridgehead atoms. The highest BCUT2D eigenvalue weighted by atomic mass is 16.1. The average Bonchev–Trinajstić information content (AvgIpc) is 1.79. The lowest BCUT2D eigenvalue weighted by Gasteiger charge is -2.19. The smallest absolute Gasteiger partial charge is 0.232 e. The van der Waals surface area contributed by atoms with Crippen molar-refractivity contribution in [2.24, 2.45) is 0 Å². The van der Waals surface area contributed by atoms with Gasteiger partial charge in [-0.05, 0) is 27.7 Å². The third-order valence-electron chi connectivity index (χ3n) is 0.940. The van der Waals surface area contributed by atoms with Gasteiger partial charge in [-0.3, -0.25) is 4.79 Å². The van der Waals surface area contributed by atoms with Crippen LogP contribution in [0.2, 0.25) is 0 Å². The summed E-state index contributed by atoms with van der Waals surface area (Å²) in [5.41, 5.74) is -0.146. The molecule has 1 amide bonds. The van der Waals surface area contributed by atoms with Crippen molar-refractivity contribution in [3.63, 3.8) is 0 Å². The van der Waals surface area contributed by atoms with Crippen molar-refractivity contribution in [2.75, 3.05) is 0 Å². The Balaban J connectivity index is 3.77. The van der Waals surface area contributed by atoms with Crippen LogP contribution in [-0.2, 0) is 4.79 Å². The highest BCUT2D eigenvalue weighted by Crippen LogP contribution is 1.98. The molecule has 0 radical (unpaired) electrons. The first-order valence-corrected chi connectivity index (χ1v) is 3.66. The predicted molar refractivity (Wildman–Crippen MR) is 46.0 cm³/mol. The van der Waals surface area contributed by atoms with Crippen LogP contribution in [0.1, 0.15) is 34.1 Å². The van der Waals surface area contributed by atoms with Gasteiger partial charge >= 0.3 is 0 Å². The molecule has 0 aromatic rings. The van der Waals surface area contributed by atoms with Crippen LogP contribution in [-0.4, -0.2) is 11.4 Å². The van der Waals surface area contributed by atoms with Crippen LogP contribution in [0.15, 0.2) is 0 Å². The third-order valence-corrected chi connectivity index (χ3v) is 0.940. The summed E-state index contributed by atoms with van der Waals surface area (Å²) in [5, 5.41) is 2.81. The summed E-state index contributed by atoms with van der Waals surface area (Å²) >= 11 is 0. The van der Waals surface area contributed by atoms with Gasteiger partial charge in [0.1, 0.15) is 0 Å². The Bertz CT molecular complexity index is 190. The first-order chi connectivity index (χ1) is 4.95. The largest absolute Gasteiger partial charge is 0.351 e. The van der Waals surface area contributed by atoms with E-state index in [0.29, 0.717) is 6.42 Å². The van der Waals surface area contributed by atoms with E-state index in [1.54, 1.807) is 6.92 Å². The van der Waals surface area contributed by atoms with Crippen LogP contribution in [0, 0.1) is 11.8 Å². The molecule has 0 aliphatic heterocycles. The zero-order chi connectivity index (χ0) is 8.91.